The Morgan fingerprint density at radius 2 is 1.95 bits per heavy atom. The molecule has 4 heteroatoms. The summed E-state index contributed by atoms with van der Waals surface area (Å²) in [6.07, 6.45) is 0.918. The summed E-state index contributed by atoms with van der Waals surface area (Å²) in [5.41, 5.74) is 6.52. The molecule has 0 aliphatic carbocycles. The van der Waals surface area contributed by atoms with Gasteiger partial charge in [-0.1, -0.05) is 19.1 Å². The van der Waals surface area contributed by atoms with E-state index in [2.05, 4.69) is 12.2 Å². The number of carbonyl (C=O) groups excluding carboxylic acids is 1. The molecule has 106 valence electrons. The second-order valence-electron chi connectivity index (χ2n) is 5.33. The zero-order valence-corrected chi connectivity index (χ0v) is 13.0. The maximum Gasteiger partial charge on any atom is 0.233 e. The molecule has 0 saturated carbocycles. The lowest BCUT2D eigenvalue weighted by molar-refractivity contribution is -0.121. The van der Waals surface area contributed by atoms with Crippen LogP contribution < -0.4 is 11.1 Å². The first-order valence-corrected chi connectivity index (χ1v) is 7.53. The fourth-order valence-electron chi connectivity index (χ4n) is 1.49. The van der Waals surface area contributed by atoms with Crippen molar-refractivity contribution in [2.24, 2.45) is 5.73 Å². The van der Waals surface area contributed by atoms with E-state index < -0.39 is 0 Å². The molecular weight excluding hydrogens is 256 g/mol. The van der Waals surface area contributed by atoms with E-state index in [1.54, 1.807) is 11.8 Å². The summed E-state index contributed by atoms with van der Waals surface area (Å²) in [4.78, 5) is 13.2. The molecule has 0 radical (unpaired) electrons. The van der Waals surface area contributed by atoms with Gasteiger partial charge in [0.2, 0.25) is 5.91 Å². The van der Waals surface area contributed by atoms with Gasteiger partial charge in [-0.25, -0.2) is 0 Å². The van der Waals surface area contributed by atoms with Gasteiger partial charge in [0.1, 0.15) is 0 Å². The minimum Gasteiger partial charge on any atom is -0.350 e. The number of nitrogens with two attached hydrogens (primary N) is 1. The molecule has 0 aliphatic heterocycles. The van der Waals surface area contributed by atoms with Crippen LogP contribution >= 0.6 is 11.8 Å². The lowest BCUT2D eigenvalue weighted by atomic mass is 10.0. The van der Waals surface area contributed by atoms with Crippen LogP contribution in [-0.2, 0) is 11.3 Å². The van der Waals surface area contributed by atoms with Crippen molar-refractivity contribution >= 4 is 17.7 Å². The maximum atomic E-state index is 12.1. The standard InChI is InChI=1S/C15H24N2OS/c1-5-15(3,4)17-14(18)11(2)19-13-8-6-12(10-16)7-9-13/h6-9,11H,5,10,16H2,1-4H3,(H,17,18). The first-order valence-electron chi connectivity index (χ1n) is 6.65. The molecule has 0 aliphatic rings. The number of amides is 1. The van der Waals surface area contributed by atoms with Gasteiger partial charge in [0.05, 0.1) is 5.25 Å². The van der Waals surface area contributed by atoms with Crippen molar-refractivity contribution in [2.45, 2.75) is 56.3 Å². The Balaban J connectivity index is 2.58. The molecule has 3 N–H and O–H groups in total. The number of benzene rings is 1. The van der Waals surface area contributed by atoms with E-state index >= 15 is 0 Å². The molecule has 1 unspecified atom stereocenters. The van der Waals surface area contributed by atoms with Crippen molar-refractivity contribution in [3.63, 3.8) is 0 Å². The van der Waals surface area contributed by atoms with Gasteiger partial charge in [-0.15, -0.1) is 11.8 Å². The maximum absolute atomic E-state index is 12.1. The highest BCUT2D eigenvalue weighted by Crippen LogP contribution is 2.24. The Morgan fingerprint density at radius 3 is 2.42 bits per heavy atom. The quantitative estimate of drug-likeness (QED) is 0.788. The number of nitrogens with one attached hydrogen (secondary N) is 1. The summed E-state index contributed by atoms with van der Waals surface area (Å²) in [5, 5.41) is 2.97. The molecule has 0 heterocycles. The van der Waals surface area contributed by atoms with Crippen molar-refractivity contribution in [3.8, 4) is 0 Å². The molecule has 0 aromatic heterocycles. The summed E-state index contributed by atoms with van der Waals surface area (Å²) >= 11 is 1.57. The van der Waals surface area contributed by atoms with E-state index in [9.17, 15) is 4.79 Å². The average Bonchev–Trinajstić information content (AvgIpc) is 2.39. The van der Waals surface area contributed by atoms with Crippen LogP contribution in [0.15, 0.2) is 29.2 Å². The van der Waals surface area contributed by atoms with E-state index in [-0.39, 0.29) is 16.7 Å². The number of hydrogen-bond acceptors (Lipinski definition) is 3. The summed E-state index contributed by atoms with van der Waals surface area (Å²) in [7, 11) is 0. The van der Waals surface area contributed by atoms with Crippen LogP contribution in [0.25, 0.3) is 0 Å². The molecule has 1 rings (SSSR count). The Hall–Kier alpha value is -1.00. The molecule has 1 atom stereocenters. The van der Waals surface area contributed by atoms with E-state index in [0.717, 1.165) is 16.9 Å². The summed E-state index contributed by atoms with van der Waals surface area (Å²) in [6.45, 7) is 8.63. The molecule has 3 nitrogen and oxygen atoms in total. The predicted molar refractivity (Wildman–Crippen MR) is 82.2 cm³/mol. The van der Waals surface area contributed by atoms with Gasteiger partial charge < -0.3 is 11.1 Å². The zero-order chi connectivity index (χ0) is 14.5. The van der Waals surface area contributed by atoms with Crippen molar-refractivity contribution in [1.82, 2.24) is 5.32 Å². The SMILES string of the molecule is CCC(C)(C)NC(=O)C(C)Sc1ccc(CN)cc1. The Morgan fingerprint density at radius 1 is 1.37 bits per heavy atom. The van der Waals surface area contributed by atoms with Crippen molar-refractivity contribution in [2.75, 3.05) is 0 Å². The largest absolute Gasteiger partial charge is 0.350 e. The molecule has 0 fully saturated rings. The van der Waals surface area contributed by atoms with E-state index in [4.69, 9.17) is 5.73 Å². The van der Waals surface area contributed by atoms with Crippen LogP contribution in [0.3, 0.4) is 0 Å². The van der Waals surface area contributed by atoms with E-state index in [0.29, 0.717) is 6.54 Å². The summed E-state index contributed by atoms with van der Waals surface area (Å²) in [5.74, 6) is 0.0831. The van der Waals surface area contributed by atoms with Gasteiger partial charge in [0, 0.05) is 17.0 Å². The van der Waals surface area contributed by atoms with Crippen LogP contribution in [0.5, 0.6) is 0 Å². The third-order valence-corrected chi connectivity index (χ3v) is 4.30. The number of thioether (sulfide) groups is 1. The highest BCUT2D eigenvalue weighted by Gasteiger charge is 2.22. The highest BCUT2D eigenvalue weighted by molar-refractivity contribution is 8.00. The summed E-state index contributed by atoms with van der Waals surface area (Å²) < 4.78 is 0. The number of hydrogen-bond donors (Lipinski definition) is 2. The molecule has 19 heavy (non-hydrogen) atoms. The van der Waals surface area contributed by atoms with E-state index in [1.165, 1.54) is 0 Å². The van der Waals surface area contributed by atoms with Gasteiger partial charge in [-0.2, -0.15) is 0 Å². The van der Waals surface area contributed by atoms with Crippen LogP contribution in [0.2, 0.25) is 0 Å². The second-order valence-corrected chi connectivity index (χ2v) is 6.75. The molecule has 1 aromatic rings. The van der Waals surface area contributed by atoms with Crippen LogP contribution in [0.4, 0.5) is 0 Å². The van der Waals surface area contributed by atoms with Crippen molar-refractivity contribution in [3.05, 3.63) is 29.8 Å². The Labute approximate surface area is 120 Å². The number of rotatable bonds is 6. The Kier molecular flexibility index (Phi) is 5.88. The minimum absolute atomic E-state index is 0.0831. The third kappa shape index (κ3) is 5.25. The topological polar surface area (TPSA) is 55.1 Å². The highest BCUT2D eigenvalue weighted by atomic mass is 32.2. The van der Waals surface area contributed by atoms with Crippen LogP contribution in [-0.4, -0.2) is 16.7 Å². The summed E-state index contributed by atoms with van der Waals surface area (Å²) in [6, 6.07) is 8.04. The lowest BCUT2D eigenvalue weighted by Crippen LogP contribution is -2.46. The van der Waals surface area contributed by atoms with Crippen LogP contribution in [0, 0.1) is 0 Å². The molecular formula is C15H24N2OS. The molecule has 0 saturated heterocycles. The first kappa shape index (κ1) is 16.1. The van der Waals surface area contributed by atoms with Crippen molar-refractivity contribution in [1.29, 1.82) is 0 Å². The Bertz CT molecular complexity index is 415. The molecule has 1 aromatic carbocycles. The first-order chi connectivity index (χ1) is 8.88. The molecule has 1 amide bonds. The van der Waals surface area contributed by atoms with E-state index in [1.807, 2.05) is 45.0 Å². The fourth-order valence-corrected chi connectivity index (χ4v) is 2.35. The second kappa shape index (κ2) is 6.96. The van der Waals surface area contributed by atoms with Crippen molar-refractivity contribution < 1.29 is 4.79 Å². The molecule has 0 spiro atoms. The smallest absolute Gasteiger partial charge is 0.233 e. The predicted octanol–water partition coefficient (Wildman–Crippen LogP) is 2.93. The minimum atomic E-state index is -0.144. The average molecular weight is 280 g/mol. The van der Waals surface area contributed by atoms with Gasteiger partial charge in [-0.05, 0) is 44.9 Å². The van der Waals surface area contributed by atoms with Crippen LogP contribution in [0.1, 0.15) is 39.7 Å². The lowest BCUT2D eigenvalue weighted by Gasteiger charge is -2.26. The molecule has 0 bridgehead atoms. The number of carbonyl (C=O) groups is 1. The zero-order valence-electron chi connectivity index (χ0n) is 12.2. The third-order valence-electron chi connectivity index (χ3n) is 3.19. The van der Waals surface area contributed by atoms with Gasteiger partial charge in [0.15, 0.2) is 0 Å². The monoisotopic (exact) mass is 280 g/mol. The normalized spacial score (nSPS) is 13.1. The van der Waals surface area contributed by atoms with Gasteiger partial charge in [-0.3, -0.25) is 4.79 Å². The van der Waals surface area contributed by atoms with Gasteiger partial charge in [0.25, 0.3) is 0 Å². The fraction of sp³-hybridized carbons (Fsp3) is 0.533. The van der Waals surface area contributed by atoms with Gasteiger partial charge >= 0.3 is 0 Å².